The molecule has 1 aliphatic carbocycles. The van der Waals surface area contributed by atoms with Crippen LogP contribution < -0.4 is 9.92 Å². The van der Waals surface area contributed by atoms with E-state index in [1.807, 2.05) is 59.5 Å². The number of hydrogen-bond donors (Lipinski definition) is 1. The van der Waals surface area contributed by atoms with Crippen LogP contribution >= 0.6 is 11.6 Å². The summed E-state index contributed by atoms with van der Waals surface area (Å²) in [6, 6.07) is 22.9. The summed E-state index contributed by atoms with van der Waals surface area (Å²) in [6.45, 7) is 1.43. The molecule has 1 unspecified atom stereocenters. The number of guanidine groups is 1. The third-order valence-corrected chi connectivity index (χ3v) is 8.74. The molecule has 0 spiro atoms. The average molecular weight is 521 g/mol. The molecule has 6 rings (SSSR count). The first-order valence-corrected chi connectivity index (χ1v) is 13.8. The van der Waals surface area contributed by atoms with Gasteiger partial charge in [0.25, 0.3) is 0 Å². The number of nitrogens with two attached hydrogens (primary N) is 1. The van der Waals surface area contributed by atoms with Gasteiger partial charge in [0.1, 0.15) is 11.6 Å². The zero-order chi connectivity index (χ0) is 24.9. The molecule has 0 aromatic heterocycles. The molecule has 3 aromatic carbocycles. The summed E-state index contributed by atoms with van der Waals surface area (Å²) >= 11 is 6.26. The van der Waals surface area contributed by atoms with Gasteiger partial charge in [-0.15, -0.1) is 0 Å². The highest BCUT2D eigenvalue weighted by molar-refractivity contribution is 7.88. The second-order valence-electron chi connectivity index (χ2n) is 9.28. The van der Waals surface area contributed by atoms with Crippen molar-refractivity contribution in [1.29, 1.82) is 0 Å². The fourth-order valence-electron chi connectivity index (χ4n) is 4.88. The third kappa shape index (κ3) is 3.94. The molecule has 9 heteroatoms. The van der Waals surface area contributed by atoms with Crippen LogP contribution in [0.3, 0.4) is 0 Å². The Morgan fingerprint density at radius 2 is 1.69 bits per heavy atom. The third-order valence-electron chi connectivity index (χ3n) is 6.79. The van der Waals surface area contributed by atoms with E-state index in [-0.39, 0.29) is 5.75 Å². The number of amidine groups is 1. The quantitative estimate of drug-likeness (QED) is 0.481. The van der Waals surface area contributed by atoms with Crippen LogP contribution in [0.15, 0.2) is 82.8 Å². The number of rotatable bonds is 6. The molecular weight excluding hydrogens is 496 g/mol. The first kappa shape index (κ1) is 23.1. The fourth-order valence-corrected chi connectivity index (χ4v) is 6.30. The highest BCUT2D eigenvalue weighted by Gasteiger charge is 2.49. The molecular formula is C27H25ClN4O3S. The van der Waals surface area contributed by atoms with Gasteiger partial charge in [-0.1, -0.05) is 54.1 Å². The van der Waals surface area contributed by atoms with Gasteiger partial charge in [-0.3, -0.25) is 9.89 Å². The maximum atomic E-state index is 12.3. The Bertz CT molecular complexity index is 1500. The molecule has 1 saturated carbocycles. The van der Waals surface area contributed by atoms with Crippen molar-refractivity contribution in [2.75, 3.05) is 13.1 Å². The smallest absolute Gasteiger partial charge is 0.312 e. The lowest BCUT2D eigenvalue weighted by molar-refractivity contribution is 0.484. The number of fused-ring (bicyclic) bond motifs is 1. The van der Waals surface area contributed by atoms with Gasteiger partial charge >= 0.3 is 10.1 Å². The number of aliphatic imine (C=N–C) groups is 2. The Kier molecular flexibility index (Phi) is 5.53. The van der Waals surface area contributed by atoms with Crippen molar-refractivity contribution < 1.29 is 12.6 Å². The van der Waals surface area contributed by atoms with E-state index in [1.165, 1.54) is 0 Å². The maximum absolute atomic E-state index is 12.3. The van der Waals surface area contributed by atoms with E-state index in [0.717, 1.165) is 41.1 Å². The van der Waals surface area contributed by atoms with Crippen molar-refractivity contribution >= 4 is 33.5 Å². The van der Waals surface area contributed by atoms with E-state index >= 15 is 0 Å². The molecule has 7 nitrogen and oxygen atoms in total. The van der Waals surface area contributed by atoms with E-state index < -0.39 is 20.9 Å². The second-order valence-corrected chi connectivity index (χ2v) is 11.5. The molecule has 3 aromatic rings. The number of benzene rings is 3. The molecule has 3 aliphatic rings. The highest BCUT2D eigenvalue weighted by atomic mass is 35.5. The predicted molar refractivity (Wildman–Crippen MR) is 142 cm³/mol. The molecule has 1 fully saturated rings. The van der Waals surface area contributed by atoms with Crippen molar-refractivity contribution in [3.63, 3.8) is 0 Å². The Labute approximate surface area is 215 Å². The zero-order valence-electron chi connectivity index (χ0n) is 19.5. The lowest BCUT2D eigenvalue weighted by Gasteiger charge is -2.33. The normalized spacial score (nSPS) is 21.5. The van der Waals surface area contributed by atoms with E-state index in [1.54, 1.807) is 12.1 Å². The van der Waals surface area contributed by atoms with Crippen molar-refractivity contribution in [1.82, 2.24) is 4.90 Å². The first-order chi connectivity index (χ1) is 17.4. The molecule has 184 valence electrons. The van der Waals surface area contributed by atoms with Crippen LogP contribution in [0.2, 0.25) is 5.02 Å². The van der Waals surface area contributed by atoms with Crippen LogP contribution in [-0.2, 0) is 15.7 Å². The maximum Gasteiger partial charge on any atom is 0.312 e. The van der Waals surface area contributed by atoms with Crippen molar-refractivity contribution in [2.45, 2.75) is 30.1 Å². The van der Waals surface area contributed by atoms with Crippen LogP contribution in [-0.4, -0.2) is 43.5 Å². The molecule has 2 N–H and O–H groups in total. The topological polar surface area (TPSA) is 97.3 Å². The van der Waals surface area contributed by atoms with Crippen molar-refractivity contribution in [3.8, 4) is 16.9 Å². The lowest BCUT2D eigenvalue weighted by Crippen LogP contribution is -2.46. The van der Waals surface area contributed by atoms with Crippen LogP contribution in [0.5, 0.6) is 5.75 Å². The van der Waals surface area contributed by atoms with Crippen LogP contribution in [0, 0.1) is 0 Å². The molecule has 0 radical (unpaired) electrons. The average Bonchev–Trinajstić information content (AvgIpc) is 3.70. The van der Waals surface area contributed by atoms with Gasteiger partial charge in [0.2, 0.25) is 0 Å². The van der Waals surface area contributed by atoms with Gasteiger partial charge in [0.15, 0.2) is 11.5 Å². The first-order valence-electron chi connectivity index (χ1n) is 11.9. The molecule has 0 saturated heterocycles. The summed E-state index contributed by atoms with van der Waals surface area (Å²) in [5, 5.41) is 0.262. The Hall–Kier alpha value is -3.36. The molecule has 36 heavy (non-hydrogen) atoms. The van der Waals surface area contributed by atoms with E-state index in [9.17, 15) is 8.42 Å². The summed E-state index contributed by atoms with van der Waals surface area (Å²) < 4.78 is 30.0. The minimum absolute atomic E-state index is 0.283. The van der Waals surface area contributed by atoms with E-state index in [4.69, 9.17) is 31.5 Å². The van der Waals surface area contributed by atoms with Crippen molar-refractivity contribution in [2.24, 2.45) is 15.7 Å². The summed E-state index contributed by atoms with van der Waals surface area (Å²) in [5.41, 5.74) is 9.19. The summed E-state index contributed by atoms with van der Waals surface area (Å²) in [6.07, 6.45) is 2.19. The molecule has 2 heterocycles. The summed E-state index contributed by atoms with van der Waals surface area (Å²) in [7, 11) is -3.60. The van der Waals surface area contributed by atoms with Crippen LogP contribution in [0.4, 0.5) is 0 Å². The van der Waals surface area contributed by atoms with Crippen LogP contribution in [0.1, 0.15) is 30.4 Å². The Morgan fingerprint density at radius 1 is 0.972 bits per heavy atom. The van der Waals surface area contributed by atoms with Gasteiger partial charge in [-0.2, -0.15) is 8.42 Å². The Morgan fingerprint density at radius 3 is 2.42 bits per heavy atom. The number of halogens is 1. The number of hydrogen-bond acceptors (Lipinski definition) is 7. The van der Waals surface area contributed by atoms with Gasteiger partial charge in [-0.25, -0.2) is 4.99 Å². The highest BCUT2D eigenvalue weighted by Crippen LogP contribution is 2.43. The fraction of sp³-hybridized carbons (Fsp3) is 0.259. The summed E-state index contributed by atoms with van der Waals surface area (Å²) in [4.78, 5) is 11.9. The van der Waals surface area contributed by atoms with Gasteiger partial charge in [0.05, 0.1) is 5.25 Å². The predicted octanol–water partition coefficient (Wildman–Crippen LogP) is 4.55. The lowest BCUT2D eigenvalue weighted by atomic mass is 9.81. The zero-order valence-corrected chi connectivity index (χ0v) is 21.0. The SMILES string of the molecule is NC1=NC(c2ccc(OS(=O)(=O)C3CC3)cc2)(c2cccc(-c3cccc(Cl)c3)c2)C2=NCCCN12. The molecule has 2 aliphatic heterocycles. The van der Waals surface area contributed by atoms with E-state index in [0.29, 0.717) is 30.4 Å². The minimum atomic E-state index is -3.60. The molecule has 0 amide bonds. The van der Waals surface area contributed by atoms with Gasteiger partial charge < -0.3 is 9.92 Å². The largest absolute Gasteiger partial charge is 0.382 e. The van der Waals surface area contributed by atoms with Gasteiger partial charge in [0, 0.05) is 18.1 Å². The standard InChI is InChI=1S/C27H25ClN4O3S/c28-22-7-2-5-19(17-22)18-4-1-6-21(16-18)27(25-30-14-3-15-32(25)26(29)31-27)20-8-10-23(11-9-20)35-36(33,34)24-12-13-24/h1-2,4-11,16-17,24H,3,12-15H2,(H2,29,31). The second kappa shape index (κ2) is 8.64. The molecule has 1 atom stereocenters. The molecule has 0 bridgehead atoms. The monoisotopic (exact) mass is 520 g/mol. The van der Waals surface area contributed by atoms with Crippen LogP contribution in [0.25, 0.3) is 11.1 Å². The minimum Gasteiger partial charge on any atom is -0.382 e. The van der Waals surface area contributed by atoms with Gasteiger partial charge in [-0.05, 0) is 71.8 Å². The number of nitrogens with zero attached hydrogens (tertiary/aromatic N) is 3. The van der Waals surface area contributed by atoms with E-state index in [2.05, 4.69) is 6.07 Å². The van der Waals surface area contributed by atoms with Crippen molar-refractivity contribution in [3.05, 3.63) is 88.9 Å². The Balaban J connectivity index is 1.47. The summed E-state index contributed by atoms with van der Waals surface area (Å²) in [5.74, 6) is 1.47.